The van der Waals surface area contributed by atoms with Gasteiger partial charge in [-0.05, 0) is 61.1 Å². The molecule has 88 valence electrons. The molecular weight excluding hydrogens is 208 g/mol. The molecule has 2 rings (SSSR count). The molecule has 1 aliphatic carbocycles. The van der Waals surface area contributed by atoms with Crippen molar-refractivity contribution in [2.75, 3.05) is 7.11 Å². The molecule has 1 heteroatoms. The molecule has 0 unspecified atom stereocenters. The zero-order valence-corrected chi connectivity index (χ0v) is 10.3. The van der Waals surface area contributed by atoms with Crippen LogP contribution in [0.25, 0.3) is 6.08 Å². The summed E-state index contributed by atoms with van der Waals surface area (Å²) in [6, 6.07) is 8.00. The van der Waals surface area contributed by atoms with Gasteiger partial charge in [-0.15, -0.1) is 5.73 Å². The summed E-state index contributed by atoms with van der Waals surface area (Å²) in [6.45, 7) is 0. The van der Waals surface area contributed by atoms with Crippen molar-refractivity contribution in [1.29, 1.82) is 0 Å². The highest BCUT2D eigenvalue weighted by molar-refractivity contribution is 5.50. The maximum atomic E-state index is 5.12. The van der Waals surface area contributed by atoms with E-state index in [2.05, 4.69) is 17.9 Å². The Morgan fingerprint density at radius 1 is 1.12 bits per heavy atom. The van der Waals surface area contributed by atoms with Crippen molar-refractivity contribution in [3.63, 3.8) is 0 Å². The fraction of sp³-hybridized carbons (Fsp3) is 0.312. The molecule has 0 saturated carbocycles. The van der Waals surface area contributed by atoms with Gasteiger partial charge in [0.15, 0.2) is 0 Å². The van der Waals surface area contributed by atoms with Crippen LogP contribution in [0.1, 0.15) is 31.2 Å². The average Bonchev–Trinajstić information content (AvgIpc) is 2.41. The lowest BCUT2D eigenvalue weighted by molar-refractivity contribution is 0.415. The monoisotopic (exact) mass is 226 g/mol. The van der Waals surface area contributed by atoms with Crippen LogP contribution in [0.3, 0.4) is 0 Å². The van der Waals surface area contributed by atoms with Crippen LogP contribution in [0, 0.1) is 0 Å². The Labute approximate surface area is 103 Å². The van der Waals surface area contributed by atoms with E-state index in [1.54, 1.807) is 7.11 Å². The van der Waals surface area contributed by atoms with Gasteiger partial charge in [0.05, 0.1) is 7.11 Å². The SMILES string of the molecule is COc1ccc(C=C=CC2=CCCCC2)cc1. The first-order valence-corrected chi connectivity index (χ1v) is 6.14. The van der Waals surface area contributed by atoms with Crippen molar-refractivity contribution in [2.45, 2.75) is 25.7 Å². The molecule has 0 spiro atoms. The number of ether oxygens (including phenoxy) is 1. The molecule has 17 heavy (non-hydrogen) atoms. The summed E-state index contributed by atoms with van der Waals surface area (Å²) in [7, 11) is 1.68. The van der Waals surface area contributed by atoms with E-state index in [4.69, 9.17) is 4.74 Å². The molecule has 0 saturated heterocycles. The van der Waals surface area contributed by atoms with E-state index in [1.165, 1.54) is 31.3 Å². The lowest BCUT2D eigenvalue weighted by Gasteiger charge is -2.06. The average molecular weight is 226 g/mol. The summed E-state index contributed by atoms with van der Waals surface area (Å²) in [5.41, 5.74) is 5.82. The van der Waals surface area contributed by atoms with Crippen LogP contribution < -0.4 is 4.74 Å². The molecule has 0 fully saturated rings. The van der Waals surface area contributed by atoms with E-state index < -0.39 is 0 Å². The van der Waals surface area contributed by atoms with Gasteiger partial charge in [0.2, 0.25) is 0 Å². The first-order chi connectivity index (χ1) is 8.38. The third-order valence-corrected chi connectivity index (χ3v) is 2.96. The maximum Gasteiger partial charge on any atom is 0.118 e. The highest BCUT2D eigenvalue weighted by Gasteiger charge is 1.98. The van der Waals surface area contributed by atoms with Crippen LogP contribution in [0.15, 0.2) is 47.7 Å². The van der Waals surface area contributed by atoms with Gasteiger partial charge in [0.1, 0.15) is 5.75 Å². The van der Waals surface area contributed by atoms with Gasteiger partial charge >= 0.3 is 0 Å². The van der Waals surface area contributed by atoms with E-state index in [0.29, 0.717) is 0 Å². The number of hydrogen-bond donors (Lipinski definition) is 0. The normalized spacial score (nSPS) is 14.5. The van der Waals surface area contributed by atoms with Crippen molar-refractivity contribution in [3.05, 3.63) is 53.3 Å². The second-order valence-electron chi connectivity index (χ2n) is 4.25. The number of benzene rings is 1. The van der Waals surface area contributed by atoms with Gasteiger partial charge in [-0.2, -0.15) is 0 Å². The third-order valence-electron chi connectivity index (χ3n) is 2.96. The lowest BCUT2D eigenvalue weighted by Crippen LogP contribution is -1.87. The largest absolute Gasteiger partial charge is 0.497 e. The molecule has 1 aromatic rings. The van der Waals surface area contributed by atoms with Crippen molar-refractivity contribution in [1.82, 2.24) is 0 Å². The molecule has 0 heterocycles. The van der Waals surface area contributed by atoms with Crippen LogP contribution in [-0.2, 0) is 0 Å². The molecule has 0 amide bonds. The van der Waals surface area contributed by atoms with Crippen LogP contribution in [0.2, 0.25) is 0 Å². The zero-order chi connectivity index (χ0) is 11.9. The van der Waals surface area contributed by atoms with E-state index in [0.717, 1.165) is 11.3 Å². The minimum absolute atomic E-state index is 0.890. The zero-order valence-electron chi connectivity index (χ0n) is 10.3. The molecule has 1 nitrogen and oxygen atoms in total. The van der Waals surface area contributed by atoms with Crippen molar-refractivity contribution in [2.24, 2.45) is 0 Å². The van der Waals surface area contributed by atoms with E-state index in [9.17, 15) is 0 Å². The van der Waals surface area contributed by atoms with E-state index in [1.807, 2.05) is 30.3 Å². The molecule has 1 aliphatic rings. The Balaban J connectivity index is 2.03. The number of methoxy groups -OCH3 is 1. The fourth-order valence-corrected chi connectivity index (χ4v) is 1.94. The standard InChI is InChI=1S/C16H18O/c1-17-16-12-10-15(11-13-16)9-5-8-14-6-3-2-4-7-14/h6,8-13H,2-4,7H2,1H3. The summed E-state index contributed by atoms with van der Waals surface area (Å²) in [5.74, 6) is 0.890. The molecule has 0 atom stereocenters. The molecule has 1 aromatic carbocycles. The molecule has 0 aliphatic heterocycles. The van der Waals surface area contributed by atoms with E-state index in [-0.39, 0.29) is 0 Å². The van der Waals surface area contributed by atoms with Crippen molar-refractivity contribution >= 4 is 6.08 Å². The summed E-state index contributed by atoms with van der Waals surface area (Å²) < 4.78 is 5.12. The second kappa shape index (κ2) is 6.12. The Morgan fingerprint density at radius 3 is 2.59 bits per heavy atom. The quantitative estimate of drug-likeness (QED) is 0.696. The third kappa shape index (κ3) is 3.65. The van der Waals surface area contributed by atoms with E-state index >= 15 is 0 Å². The molecular formula is C16H18O. The van der Waals surface area contributed by atoms with Crippen molar-refractivity contribution < 1.29 is 4.74 Å². The molecule has 0 bridgehead atoms. The Hall–Kier alpha value is -1.72. The van der Waals surface area contributed by atoms with Gasteiger partial charge in [0, 0.05) is 0 Å². The fourth-order valence-electron chi connectivity index (χ4n) is 1.94. The van der Waals surface area contributed by atoms with Gasteiger partial charge in [-0.1, -0.05) is 18.2 Å². The number of hydrogen-bond acceptors (Lipinski definition) is 1. The maximum absolute atomic E-state index is 5.12. The highest BCUT2D eigenvalue weighted by Crippen LogP contribution is 2.18. The number of allylic oxidation sites excluding steroid dienone is 3. The van der Waals surface area contributed by atoms with Crippen LogP contribution in [0.4, 0.5) is 0 Å². The van der Waals surface area contributed by atoms with Crippen molar-refractivity contribution in [3.8, 4) is 5.75 Å². The van der Waals surface area contributed by atoms with Crippen LogP contribution >= 0.6 is 0 Å². The number of rotatable bonds is 3. The Bertz CT molecular complexity index is 445. The van der Waals surface area contributed by atoms with Crippen LogP contribution in [0.5, 0.6) is 5.75 Å². The summed E-state index contributed by atoms with van der Waals surface area (Å²) >= 11 is 0. The Kier molecular flexibility index (Phi) is 4.23. The summed E-state index contributed by atoms with van der Waals surface area (Å²) in [5, 5.41) is 0. The Morgan fingerprint density at radius 2 is 1.94 bits per heavy atom. The minimum atomic E-state index is 0.890. The summed E-state index contributed by atoms with van der Waals surface area (Å²) in [6.07, 6.45) is 11.5. The predicted molar refractivity (Wildman–Crippen MR) is 72.1 cm³/mol. The first kappa shape index (κ1) is 11.8. The molecule has 0 aromatic heterocycles. The predicted octanol–water partition coefficient (Wildman–Crippen LogP) is 4.36. The van der Waals surface area contributed by atoms with Crippen LogP contribution in [-0.4, -0.2) is 7.11 Å². The smallest absolute Gasteiger partial charge is 0.118 e. The van der Waals surface area contributed by atoms with Gasteiger partial charge in [-0.3, -0.25) is 0 Å². The lowest BCUT2D eigenvalue weighted by atomic mass is 10.00. The van der Waals surface area contributed by atoms with Gasteiger partial charge < -0.3 is 4.74 Å². The van der Waals surface area contributed by atoms with Gasteiger partial charge in [0.25, 0.3) is 0 Å². The molecule has 0 radical (unpaired) electrons. The first-order valence-electron chi connectivity index (χ1n) is 6.14. The van der Waals surface area contributed by atoms with Gasteiger partial charge in [-0.25, -0.2) is 0 Å². The highest BCUT2D eigenvalue weighted by atomic mass is 16.5. The second-order valence-corrected chi connectivity index (χ2v) is 4.25. The topological polar surface area (TPSA) is 9.23 Å². The minimum Gasteiger partial charge on any atom is -0.497 e. The summed E-state index contributed by atoms with van der Waals surface area (Å²) in [4.78, 5) is 0. The molecule has 0 N–H and O–H groups in total.